The number of esters is 1. The van der Waals surface area contributed by atoms with Gasteiger partial charge in [0, 0.05) is 18.2 Å². The number of carbonyl (C=O) groups is 1. The molecule has 1 saturated carbocycles. The van der Waals surface area contributed by atoms with Gasteiger partial charge < -0.3 is 15.2 Å². The van der Waals surface area contributed by atoms with E-state index in [1.165, 1.54) is 7.11 Å². The molecule has 0 bridgehead atoms. The molecule has 6 nitrogen and oxygen atoms in total. The Morgan fingerprint density at radius 2 is 2.41 bits per heavy atom. The average Bonchev–Trinajstić information content (AvgIpc) is 3.19. The van der Waals surface area contributed by atoms with Crippen LogP contribution in [0.1, 0.15) is 24.6 Å². The highest BCUT2D eigenvalue weighted by Crippen LogP contribution is 2.38. The van der Waals surface area contributed by atoms with Gasteiger partial charge in [-0.2, -0.15) is 4.98 Å². The number of rotatable bonds is 5. The van der Waals surface area contributed by atoms with E-state index in [1.807, 2.05) is 0 Å². The predicted molar refractivity (Wildman–Crippen MR) is 59.5 cm³/mol. The monoisotopic (exact) mass is 237 g/mol. The molecule has 0 amide bonds. The van der Waals surface area contributed by atoms with Crippen LogP contribution in [0.4, 0.5) is 0 Å². The quantitative estimate of drug-likeness (QED) is 0.738. The second-order valence-corrected chi connectivity index (χ2v) is 3.97. The first kappa shape index (κ1) is 11.8. The van der Waals surface area contributed by atoms with Gasteiger partial charge >= 0.3 is 5.97 Å². The fourth-order valence-electron chi connectivity index (χ4n) is 1.37. The molecule has 1 fully saturated rings. The zero-order chi connectivity index (χ0) is 12.3. The molecule has 1 heterocycles. The maximum absolute atomic E-state index is 11.1. The van der Waals surface area contributed by atoms with Crippen molar-refractivity contribution in [3.05, 3.63) is 18.1 Å². The Bertz CT molecular complexity index is 407. The Morgan fingerprint density at radius 1 is 1.65 bits per heavy atom. The zero-order valence-corrected chi connectivity index (χ0v) is 9.63. The minimum absolute atomic E-state index is 0.0494. The number of ether oxygens (including phenoxy) is 2. The van der Waals surface area contributed by atoms with Gasteiger partial charge in [-0.25, -0.2) is 4.98 Å². The number of hydrogen-bond donors (Lipinski definition) is 1. The van der Waals surface area contributed by atoms with Gasteiger partial charge in [-0.15, -0.1) is 0 Å². The van der Waals surface area contributed by atoms with Crippen LogP contribution in [0, 0.1) is 0 Å². The molecule has 1 aliphatic carbocycles. The van der Waals surface area contributed by atoms with E-state index in [0.29, 0.717) is 11.8 Å². The molecule has 1 unspecified atom stereocenters. The smallest absolute Gasteiger partial charge is 0.326 e. The van der Waals surface area contributed by atoms with Crippen molar-refractivity contribution >= 4 is 5.97 Å². The molecular weight excluding hydrogens is 222 g/mol. The number of hydrogen-bond acceptors (Lipinski definition) is 6. The van der Waals surface area contributed by atoms with Crippen molar-refractivity contribution in [1.29, 1.82) is 0 Å². The van der Waals surface area contributed by atoms with Crippen LogP contribution in [0.3, 0.4) is 0 Å². The third-order valence-corrected chi connectivity index (χ3v) is 2.51. The lowest BCUT2D eigenvalue weighted by atomic mass is 10.3. The fraction of sp³-hybridized carbons (Fsp3) is 0.545. The lowest BCUT2D eigenvalue weighted by molar-refractivity contribution is -0.142. The van der Waals surface area contributed by atoms with Crippen LogP contribution in [0.5, 0.6) is 5.88 Å². The first-order valence-electron chi connectivity index (χ1n) is 5.50. The van der Waals surface area contributed by atoms with Crippen molar-refractivity contribution in [2.24, 2.45) is 5.73 Å². The van der Waals surface area contributed by atoms with Gasteiger partial charge in [0.15, 0.2) is 0 Å². The van der Waals surface area contributed by atoms with Crippen molar-refractivity contribution in [1.82, 2.24) is 9.97 Å². The Morgan fingerprint density at radius 3 is 3.06 bits per heavy atom. The van der Waals surface area contributed by atoms with Crippen LogP contribution >= 0.6 is 0 Å². The number of nitrogens with zero attached hydrogens (tertiary/aromatic N) is 2. The summed E-state index contributed by atoms with van der Waals surface area (Å²) in [4.78, 5) is 19.5. The van der Waals surface area contributed by atoms with Crippen molar-refractivity contribution in [2.45, 2.75) is 24.8 Å². The van der Waals surface area contributed by atoms with Gasteiger partial charge in [-0.3, -0.25) is 4.79 Å². The number of methoxy groups -OCH3 is 1. The number of carbonyl (C=O) groups excluding carboxylic acids is 1. The van der Waals surface area contributed by atoms with Crippen LogP contribution in [-0.2, 0) is 9.53 Å². The summed E-state index contributed by atoms with van der Waals surface area (Å²) in [5.74, 6) is 1.21. The topological polar surface area (TPSA) is 87.3 Å². The van der Waals surface area contributed by atoms with E-state index in [9.17, 15) is 4.79 Å². The minimum atomic E-state index is -0.792. The summed E-state index contributed by atoms with van der Waals surface area (Å²) in [6.07, 6.45) is 3.91. The first-order chi connectivity index (χ1) is 8.20. The highest BCUT2D eigenvalue weighted by atomic mass is 16.5. The molecular formula is C11H15N3O3. The van der Waals surface area contributed by atoms with Crippen LogP contribution in [0.25, 0.3) is 0 Å². The normalized spacial score (nSPS) is 16.4. The lowest BCUT2D eigenvalue weighted by Gasteiger charge is -2.10. The molecule has 1 atom stereocenters. The second-order valence-electron chi connectivity index (χ2n) is 3.97. The Hall–Kier alpha value is -1.69. The highest BCUT2D eigenvalue weighted by molar-refractivity contribution is 5.75. The van der Waals surface area contributed by atoms with E-state index in [4.69, 9.17) is 10.5 Å². The summed E-state index contributed by atoms with van der Waals surface area (Å²) in [5, 5.41) is 0. The molecule has 17 heavy (non-hydrogen) atoms. The largest absolute Gasteiger partial charge is 0.475 e. The molecule has 1 aliphatic rings. The molecule has 0 aliphatic heterocycles. The van der Waals surface area contributed by atoms with E-state index in [1.54, 1.807) is 12.3 Å². The molecule has 6 heteroatoms. The van der Waals surface area contributed by atoms with E-state index >= 15 is 0 Å². The van der Waals surface area contributed by atoms with Gasteiger partial charge in [0.05, 0.1) is 7.11 Å². The molecule has 0 spiro atoms. The Labute approximate surface area is 99.1 Å². The van der Waals surface area contributed by atoms with Gasteiger partial charge in [-0.05, 0) is 12.8 Å². The molecule has 1 aromatic heterocycles. The fourth-order valence-corrected chi connectivity index (χ4v) is 1.37. The van der Waals surface area contributed by atoms with Crippen LogP contribution in [0.2, 0.25) is 0 Å². The average molecular weight is 237 g/mol. The van der Waals surface area contributed by atoms with Gasteiger partial charge in [0.25, 0.3) is 0 Å². The molecule has 0 radical (unpaired) electrons. The summed E-state index contributed by atoms with van der Waals surface area (Å²) in [6, 6.07) is 0.856. The Balaban J connectivity index is 1.90. The standard InChI is InChI=1S/C11H15N3O3/c1-16-11(15)8(12)6-17-9-4-5-13-10(14-9)7-2-3-7/h4-5,7-8H,2-3,6,12H2,1H3. The predicted octanol–water partition coefficient (Wildman–Crippen LogP) is 0.233. The summed E-state index contributed by atoms with van der Waals surface area (Å²) in [7, 11) is 1.29. The zero-order valence-electron chi connectivity index (χ0n) is 9.63. The molecule has 0 aromatic carbocycles. The highest BCUT2D eigenvalue weighted by Gasteiger charge is 2.26. The lowest BCUT2D eigenvalue weighted by Crippen LogP contribution is -2.37. The summed E-state index contributed by atoms with van der Waals surface area (Å²) in [5.41, 5.74) is 5.54. The number of aromatic nitrogens is 2. The summed E-state index contributed by atoms with van der Waals surface area (Å²) < 4.78 is 9.83. The van der Waals surface area contributed by atoms with Crippen molar-refractivity contribution in [2.75, 3.05) is 13.7 Å². The third-order valence-electron chi connectivity index (χ3n) is 2.51. The van der Waals surface area contributed by atoms with E-state index in [2.05, 4.69) is 14.7 Å². The van der Waals surface area contributed by atoms with Gasteiger partial charge in [0.1, 0.15) is 18.5 Å². The number of nitrogens with two attached hydrogens (primary N) is 1. The van der Waals surface area contributed by atoms with E-state index < -0.39 is 12.0 Å². The second kappa shape index (κ2) is 5.09. The van der Waals surface area contributed by atoms with Crippen molar-refractivity contribution in [3.63, 3.8) is 0 Å². The van der Waals surface area contributed by atoms with E-state index in [0.717, 1.165) is 18.7 Å². The van der Waals surface area contributed by atoms with Crippen molar-refractivity contribution in [3.8, 4) is 5.88 Å². The molecule has 92 valence electrons. The SMILES string of the molecule is COC(=O)C(N)COc1ccnc(C2CC2)n1. The Kier molecular flexibility index (Phi) is 3.53. The van der Waals surface area contributed by atoms with Gasteiger partial charge in [-0.1, -0.05) is 0 Å². The molecule has 1 aromatic rings. The first-order valence-corrected chi connectivity index (χ1v) is 5.50. The van der Waals surface area contributed by atoms with E-state index in [-0.39, 0.29) is 6.61 Å². The molecule has 0 saturated heterocycles. The van der Waals surface area contributed by atoms with Crippen LogP contribution in [0.15, 0.2) is 12.3 Å². The van der Waals surface area contributed by atoms with Gasteiger partial charge in [0.2, 0.25) is 5.88 Å². The summed E-state index contributed by atoms with van der Waals surface area (Å²) in [6.45, 7) is 0.0494. The summed E-state index contributed by atoms with van der Waals surface area (Å²) >= 11 is 0. The maximum Gasteiger partial charge on any atom is 0.326 e. The van der Waals surface area contributed by atoms with Crippen molar-refractivity contribution < 1.29 is 14.3 Å². The molecule has 2 rings (SSSR count). The van der Waals surface area contributed by atoms with Crippen LogP contribution in [-0.4, -0.2) is 35.7 Å². The third kappa shape index (κ3) is 3.13. The maximum atomic E-state index is 11.1. The van der Waals surface area contributed by atoms with Crippen LogP contribution < -0.4 is 10.5 Å². The minimum Gasteiger partial charge on any atom is -0.475 e. The molecule has 2 N–H and O–H groups in total.